The van der Waals surface area contributed by atoms with E-state index in [1.165, 1.54) is 0 Å². The van der Waals surface area contributed by atoms with Gasteiger partial charge in [-0.1, -0.05) is 23.7 Å². The molecule has 0 heterocycles. The summed E-state index contributed by atoms with van der Waals surface area (Å²) in [4.78, 5) is 14.0. The zero-order valence-corrected chi connectivity index (χ0v) is 10.4. The number of nitrogens with zero attached hydrogens (tertiary/aromatic N) is 1. The number of carbonyl (C=O) groups excluding carboxylic acids is 1. The van der Waals surface area contributed by atoms with Crippen molar-refractivity contribution in [2.45, 2.75) is 25.2 Å². The maximum absolute atomic E-state index is 12.2. The van der Waals surface area contributed by atoms with Gasteiger partial charge < -0.3 is 4.90 Å². The number of hydrogen-bond donors (Lipinski definition) is 0. The molecule has 0 bridgehead atoms. The van der Waals surface area contributed by atoms with E-state index >= 15 is 0 Å². The van der Waals surface area contributed by atoms with Crippen LogP contribution in [-0.2, 0) is 10.2 Å². The van der Waals surface area contributed by atoms with Gasteiger partial charge in [0.15, 0.2) is 0 Å². The molecule has 0 spiro atoms. The first-order chi connectivity index (χ1) is 7.60. The van der Waals surface area contributed by atoms with Crippen molar-refractivity contribution < 1.29 is 4.79 Å². The van der Waals surface area contributed by atoms with E-state index in [1.807, 2.05) is 38.2 Å². The molecule has 16 heavy (non-hydrogen) atoms. The van der Waals surface area contributed by atoms with E-state index in [4.69, 9.17) is 11.6 Å². The van der Waals surface area contributed by atoms with Gasteiger partial charge in [-0.05, 0) is 37.5 Å². The Balaban J connectivity index is 2.26. The predicted molar refractivity (Wildman–Crippen MR) is 65.7 cm³/mol. The largest absolute Gasteiger partial charge is 0.345 e. The van der Waals surface area contributed by atoms with Crippen LogP contribution in [0.15, 0.2) is 24.3 Å². The number of rotatable bonds is 3. The molecule has 1 fully saturated rings. The summed E-state index contributed by atoms with van der Waals surface area (Å²) in [7, 11) is 1.86. The zero-order valence-electron chi connectivity index (χ0n) is 9.66. The summed E-state index contributed by atoms with van der Waals surface area (Å²) in [6.45, 7) is 2.75. The van der Waals surface area contributed by atoms with Crippen molar-refractivity contribution in [1.29, 1.82) is 0 Å². The predicted octanol–water partition coefficient (Wildman–Crippen LogP) is 2.85. The number of carbonyl (C=O) groups is 1. The number of halogens is 1. The van der Waals surface area contributed by atoms with Gasteiger partial charge in [0.05, 0.1) is 5.41 Å². The second-order valence-electron chi connectivity index (χ2n) is 4.41. The molecule has 1 aliphatic carbocycles. The smallest absolute Gasteiger partial charge is 0.232 e. The molecule has 0 atom stereocenters. The van der Waals surface area contributed by atoms with Gasteiger partial charge in [-0.25, -0.2) is 0 Å². The van der Waals surface area contributed by atoms with Gasteiger partial charge in [-0.3, -0.25) is 4.79 Å². The summed E-state index contributed by atoms with van der Waals surface area (Å²) in [5.41, 5.74) is 0.845. The average Bonchev–Trinajstić information content (AvgIpc) is 3.09. The molecule has 0 aromatic heterocycles. The Hall–Kier alpha value is -1.02. The molecule has 1 aliphatic rings. The van der Waals surface area contributed by atoms with Crippen molar-refractivity contribution in [3.8, 4) is 0 Å². The average molecular weight is 238 g/mol. The first-order valence-electron chi connectivity index (χ1n) is 5.62. The Kier molecular flexibility index (Phi) is 2.94. The molecule has 0 aliphatic heterocycles. The van der Waals surface area contributed by atoms with Gasteiger partial charge in [0.25, 0.3) is 0 Å². The highest BCUT2D eigenvalue weighted by molar-refractivity contribution is 6.30. The Bertz CT molecular complexity index is 395. The topological polar surface area (TPSA) is 20.3 Å². The van der Waals surface area contributed by atoms with Gasteiger partial charge in [0, 0.05) is 18.6 Å². The van der Waals surface area contributed by atoms with E-state index in [1.54, 1.807) is 4.90 Å². The van der Waals surface area contributed by atoms with E-state index in [-0.39, 0.29) is 11.3 Å². The fraction of sp³-hybridized carbons (Fsp3) is 0.462. The molecule has 1 aromatic rings. The molecule has 3 heteroatoms. The minimum atomic E-state index is -0.255. The molecule has 1 amide bonds. The first kappa shape index (κ1) is 11.5. The molecular weight excluding hydrogens is 222 g/mol. The summed E-state index contributed by atoms with van der Waals surface area (Å²) >= 11 is 5.86. The monoisotopic (exact) mass is 237 g/mol. The van der Waals surface area contributed by atoms with Crippen LogP contribution >= 0.6 is 11.6 Å². The van der Waals surface area contributed by atoms with Crippen LogP contribution in [-0.4, -0.2) is 24.4 Å². The summed E-state index contributed by atoms with van der Waals surface area (Å²) in [6, 6.07) is 7.65. The van der Waals surface area contributed by atoms with Crippen LogP contribution in [0.1, 0.15) is 25.3 Å². The van der Waals surface area contributed by atoms with Crippen LogP contribution in [0.5, 0.6) is 0 Å². The van der Waals surface area contributed by atoms with Crippen molar-refractivity contribution in [1.82, 2.24) is 4.90 Å². The van der Waals surface area contributed by atoms with Crippen molar-refractivity contribution in [3.05, 3.63) is 34.9 Å². The zero-order chi connectivity index (χ0) is 11.8. The standard InChI is InChI=1S/C13H16ClNO/c1-3-15(2)12(16)13(8-9-13)10-4-6-11(14)7-5-10/h4-7H,3,8-9H2,1-2H3. The van der Waals surface area contributed by atoms with E-state index in [0.717, 1.165) is 30.0 Å². The van der Waals surface area contributed by atoms with E-state index < -0.39 is 0 Å². The van der Waals surface area contributed by atoms with Crippen LogP contribution in [0.4, 0.5) is 0 Å². The number of amides is 1. The van der Waals surface area contributed by atoms with Crippen molar-refractivity contribution >= 4 is 17.5 Å². The molecule has 0 N–H and O–H groups in total. The molecule has 86 valence electrons. The summed E-state index contributed by atoms with van der Waals surface area (Å²) in [6.07, 6.45) is 1.91. The fourth-order valence-electron chi connectivity index (χ4n) is 2.03. The lowest BCUT2D eigenvalue weighted by molar-refractivity contribution is -0.132. The maximum Gasteiger partial charge on any atom is 0.232 e. The van der Waals surface area contributed by atoms with Crippen LogP contribution in [0.25, 0.3) is 0 Å². The lowest BCUT2D eigenvalue weighted by Gasteiger charge is -2.22. The second kappa shape index (κ2) is 4.10. The van der Waals surface area contributed by atoms with Gasteiger partial charge in [0.2, 0.25) is 5.91 Å². The Labute approximate surface area is 101 Å². The third-order valence-electron chi connectivity index (χ3n) is 3.38. The van der Waals surface area contributed by atoms with Crippen LogP contribution < -0.4 is 0 Å². The molecule has 1 saturated carbocycles. The highest BCUT2D eigenvalue weighted by Gasteiger charge is 2.52. The van der Waals surface area contributed by atoms with Crippen LogP contribution in [0.2, 0.25) is 5.02 Å². The maximum atomic E-state index is 12.2. The van der Waals surface area contributed by atoms with E-state index in [2.05, 4.69) is 0 Å². The number of likely N-dealkylation sites (N-methyl/N-ethyl adjacent to an activating group) is 1. The third kappa shape index (κ3) is 1.82. The van der Waals surface area contributed by atoms with E-state index in [0.29, 0.717) is 0 Å². The van der Waals surface area contributed by atoms with Crippen LogP contribution in [0, 0.1) is 0 Å². The van der Waals surface area contributed by atoms with E-state index in [9.17, 15) is 4.79 Å². The summed E-state index contributed by atoms with van der Waals surface area (Å²) < 4.78 is 0. The molecule has 0 radical (unpaired) electrons. The SMILES string of the molecule is CCN(C)C(=O)C1(c2ccc(Cl)cc2)CC1. The fourth-order valence-corrected chi connectivity index (χ4v) is 2.15. The summed E-state index contributed by atoms with van der Waals surface area (Å²) in [5, 5.41) is 0.718. The molecule has 0 saturated heterocycles. The van der Waals surface area contributed by atoms with Crippen molar-refractivity contribution in [2.75, 3.05) is 13.6 Å². The highest BCUT2D eigenvalue weighted by atomic mass is 35.5. The molecule has 2 rings (SSSR count). The van der Waals surface area contributed by atoms with Gasteiger partial charge in [-0.2, -0.15) is 0 Å². The quantitative estimate of drug-likeness (QED) is 0.792. The Morgan fingerprint density at radius 2 is 1.94 bits per heavy atom. The van der Waals surface area contributed by atoms with Gasteiger partial charge >= 0.3 is 0 Å². The summed E-state index contributed by atoms with van der Waals surface area (Å²) in [5.74, 6) is 0.234. The number of hydrogen-bond acceptors (Lipinski definition) is 1. The lowest BCUT2D eigenvalue weighted by atomic mass is 9.94. The third-order valence-corrected chi connectivity index (χ3v) is 3.63. The Morgan fingerprint density at radius 3 is 2.38 bits per heavy atom. The van der Waals surface area contributed by atoms with Crippen molar-refractivity contribution in [3.63, 3.8) is 0 Å². The minimum Gasteiger partial charge on any atom is -0.345 e. The molecule has 1 aromatic carbocycles. The van der Waals surface area contributed by atoms with Crippen LogP contribution in [0.3, 0.4) is 0 Å². The first-order valence-corrected chi connectivity index (χ1v) is 5.99. The van der Waals surface area contributed by atoms with Gasteiger partial charge in [0.1, 0.15) is 0 Å². The molecule has 2 nitrogen and oxygen atoms in total. The van der Waals surface area contributed by atoms with Gasteiger partial charge in [-0.15, -0.1) is 0 Å². The minimum absolute atomic E-state index is 0.234. The second-order valence-corrected chi connectivity index (χ2v) is 4.84. The Morgan fingerprint density at radius 1 is 1.38 bits per heavy atom. The normalized spacial score (nSPS) is 16.9. The number of benzene rings is 1. The highest BCUT2D eigenvalue weighted by Crippen LogP contribution is 2.49. The lowest BCUT2D eigenvalue weighted by Crippen LogP contribution is -2.36. The van der Waals surface area contributed by atoms with Crippen molar-refractivity contribution in [2.24, 2.45) is 0 Å². The molecular formula is C13H16ClNO. The molecule has 0 unspecified atom stereocenters.